The van der Waals surface area contributed by atoms with Gasteiger partial charge in [0.1, 0.15) is 0 Å². The highest BCUT2D eigenvalue weighted by atomic mass is 32.2. The monoisotopic (exact) mass is 437 g/mol. The Labute approximate surface area is 190 Å². The molecular formula is C26H19N3O2S. The molecule has 0 radical (unpaired) electrons. The zero-order valence-corrected chi connectivity index (χ0v) is 18.0. The van der Waals surface area contributed by atoms with Crippen LogP contribution in [0.3, 0.4) is 0 Å². The molecule has 6 heteroatoms. The van der Waals surface area contributed by atoms with E-state index in [4.69, 9.17) is 4.99 Å². The fraction of sp³-hybridized carbons (Fsp3) is 0.0385. The summed E-state index contributed by atoms with van der Waals surface area (Å²) in [6.45, 7) is 4.14. The molecule has 0 unspecified atom stereocenters. The minimum atomic E-state index is -0.255. The number of thioether (sulfide) groups is 1. The van der Waals surface area contributed by atoms with Gasteiger partial charge in [0.25, 0.3) is 11.8 Å². The maximum absolute atomic E-state index is 13.7. The molecule has 5 rings (SSSR count). The Morgan fingerprint density at radius 1 is 0.844 bits per heavy atom. The van der Waals surface area contributed by atoms with Gasteiger partial charge in [-0.05, 0) is 42.1 Å². The van der Waals surface area contributed by atoms with E-state index in [9.17, 15) is 9.59 Å². The van der Waals surface area contributed by atoms with Gasteiger partial charge in [-0.1, -0.05) is 60.7 Å². The number of aliphatic imine (C=N–C) groups is 1. The van der Waals surface area contributed by atoms with Gasteiger partial charge in [0.2, 0.25) is 0 Å². The number of anilines is 2. The largest absolute Gasteiger partial charge is 0.304 e. The van der Waals surface area contributed by atoms with Crippen LogP contribution in [0.2, 0.25) is 0 Å². The summed E-state index contributed by atoms with van der Waals surface area (Å²) in [4.78, 5) is 35.4. The molecule has 0 aliphatic carbocycles. The Bertz CT molecular complexity index is 1280. The Balaban J connectivity index is 1.68. The van der Waals surface area contributed by atoms with Crippen LogP contribution in [0.15, 0.2) is 107 Å². The van der Waals surface area contributed by atoms with Crippen LogP contribution < -0.4 is 9.80 Å². The molecule has 0 atom stereocenters. The van der Waals surface area contributed by atoms with Crippen molar-refractivity contribution in [2.45, 2.75) is 0 Å². The number of amides is 2. The molecule has 0 aromatic heterocycles. The maximum Gasteiger partial charge on any atom is 0.272 e. The number of amidine groups is 1. The van der Waals surface area contributed by atoms with Crippen molar-refractivity contribution < 1.29 is 9.59 Å². The smallest absolute Gasteiger partial charge is 0.272 e. The topological polar surface area (TPSA) is 53.0 Å². The molecule has 1 saturated heterocycles. The van der Waals surface area contributed by atoms with Crippen molar-refractivity contribution in [2.24, 2.45) is 4.99 Å². The van der Waals surface area contributed by atoms with E-state index >= 15 is 0 Å². The molecular weight excluding hydrogens is 418 g/mol. The van der Waals surface area contributed by atoms with Crippen LogP contribution in [0.25, 0.3) is 5.57 Å². The molecule has 3 aromatic carbocycles. The van der Waals surface area contributed by atoms with Gasteiger partial charge in [0.15, 0.2) is 5.17 Å². The first kappa shape index (κ1) is 20.0. The van der Waals surface area contributed by atoms with Crippen LogP contribution in [0.1, 0.15) is 5.56 Å². The molecule has 2 aliphatic rings. The van der Waals surface area contributed by atoms with Gasteiger partial charge in [-0.25, -0.2) is 4.99 Å². The molecule has 0 spiro atoms. The molecule has 2 amide bonds. The normalized spacial score (nSPS) is 19.1. The highest BCUT2D eigenvalue weighted by Crippen LogP contribution is 2.45. The van der Waals surface area contributed by atoms with Gasteiger partial charge in [-0.3, -0.25) is 14.5 Å². The molecule has 0 N–H and O–H groups in total. The Hall–Kier alpha value is -3.90. The number of carbonyl (C=O) groups excluding carboxylic acids is 2. The first-order valence-corrected chi connectivity index (χ1v) is 11.0. The number of fused-ring (bicyclic) bond motifs is 1. The summed E-state index contributed by atoms with van der Waals surface area (Å²) in [5.41, 5.74) is 3.40. The summed E-state index contributed by atoms with van der Waals surface area (Å²) in [5.74, 6) is -0.453. The quantitative estimate of drug-likeness (QED) is 0.406. The van der Waals surface area contributed by atoms with E-state index in [1.165, 1.54) is 11.8 Å². The number of carbonyl (C=O) groups is 2. The van der Waals surface area contributed by atoms with E-state index in [1.807, 2.05) is 84.9 Å². The van der Waals surface area contributed by atoms with E-state index in [0.29, 0.717) is 27.9 Å². The van der Waals surface area contributed by atoms with Crippen molar-refractivity contribution in [3.8, 4) is 0 Å². The SMILES string of the molecule is C=CCN1C(=O)/C(=C2\SC(=Nc3ccccc3)N(c3ccccc3)C2=O)c2ccccc21. The lowest BCUT2D eigenvalue weighted by molar-refractivity contribution is -0.115. The number of hydrogen-bond acceptors (Lipinski definition) is 4. The second-order valence-corrected chi connectivity index (χ2v) is 8.21. The molecule has 2 heterocycles. The summed E-state index contributed by atoms with van der Waals surface area (Å²) in [6.07, 6.45) is 1.68. The number of benzene rings is 3. The van der Waals surface area contributed by atoms with Crippen molar-refractivity contribution in [2.75, 3.05) is 16.3 Å². The molecule has 32 heavy (non-hydrogen) atoms. The van der Waals surface area contributed by atoms with Gasteiger partial charge in [0, 0.05) is 12.1 Å². The summed E-state index contributed by atoms with van der Waals surface area (Å²) < 4.78 is 0. The lowest BCUT2D eigenvalue weighted by Crippen LogP contribution is -2.30. The van der Waals surface area contributed by atoms with Crippen LogP contribution in [-0.4, -0.2) is 23.5 Å². The van der Waals surface area contributed by atoms with Crippen LogP contribution in [0.5, 0.6) is 0 Å². The first-order chi connectivity index (χ1) is 15.7. The van der Waals surface area contributed by atoms with E-state index in [-0.39, 0.29) is 11.8 Å². The Morgan fingerprint density at radius 2 is 1.50 bits per heavy atom. The van der Waals surface area contributed by atoms with Gasteiger partial charge in [-0.15, -0.1) is 6.58 Å². The molecule has 5 nitrogen and oxygen atoms in total. The Kier molecular flexibility index (Phi) is 5.21. The third-order valence-corrected chi connectivity index (χ3v) is 6.28. The number of para-hydroxylation sites is 3. The lowest BCUT2D eigenvalue weighted by atomic mass is 10.1. The zero-order chi connectivity index (χ0) is 22.1. The van der Waals surface area contributed by atoms with Gasteiger partial charge < -0.3 is 4.90 Å². The number of nitrogens with zero attached hydrogens (tertiary/aromatic N) is 3. The van der Waals surface area contributed by atoms with Crippen molar-refractivity contribution in [3.05, 3.63) is 108 Å². The van der Waals surface area contributed by atoms with E-state index in [1.54, 1.807) is 15.9 Å². The molecule has 3 aromatic rings. The van der Waals surface area contributed by atoms with E-state index < -0.39 is 0 Å². The van der Waals surface area contributed by atoms with E-state index in [0.717, 1.165) is 16.9 Å². The van der Waals surface area contributed by atoms with Crippen molar-refractivity contribution in [1.82, 2.24) is 0 Å². The highest BCUT2D eigenvalue weighted by molar-refractivity contribution is 8.19. The fourth-order valence-electron chi connectivity index (χ4n) is 3.83. The summed E-state index contributed by atoms with van der Waals surface area (Å²) in [5, 5.41) is 0.516. The molecule has 156 valence electrons. The summed E-state index contributed by atoms with van der Waals surface area (Å²) >= 11 is 1.23. The average molecular weight is 438 g/mol. The zero-order valence-electron chi connectivity index (χ0n) is 17.1. The van der Waals surface area contributed by atoms with Crippen molar-refractivity contribution in [3.63, 3.8) is 0 Å². The van der Waals surface area contributed by atoms with Gasteiger partial charge >= 0.3 is 0 Å². The van der Waals surface area contributed by atoms with E-state index in [2.05, 4.69) is 6.58 Å². The van der Waals surface area contributed by atoms with Crippen LogP contribution in [0, 0.1) is 0 Å². The molecule has 2 aliphatic heterocycles. The van der Waals surface area contributed by atoms with Crippen LogP contribution in [0.4, 0.5) is 17.1 Å². The predicted octanol–water partition coefficient (Wildman–Crippen LogP) is 5.40. The molecule has 0 bridgehead atoms. The fourth-order valence-corrected chi connectivity index (χ4v) is 4.92. The Morgan fingerprint density at radius 3 is 2.22 bits per heavy atom. The number of rotatable bonds is 4. The third kappa shape index (κ3) is 3.35. The molecule has 1 fully saturated rings. The molecule has 0 saturated carbocycles. The van der Waals surface area contributed by atoms with Crippen molar-refractivity contribution in [1.29, 1.82) is 0 Å². The van der Waals surface area contributed by atoms with Crippen molar-refractivity contribution >= 4 is 51.4 Å². The maximum atomic E-state index is 13.7. The lowest BCUT2D eigenvalue weighted by Gasteiger charge is -2.15. The predicted molar refractivity (Wildman–Crippen MR) is 131 cm³/mol. The highest BCUT2D eigenvalue weighted by Gasteiger charge is 2.42. The second kappa shape index (κ2) is 8.32. The number of hydrogen-bond donors (Lipinski definition) is 0. The minimum absolute atomic E-state index is 0.198. The third-order valence-electron chi connectivity index (χ3n) is 5.24. The average Bonchev–Trinajstić information content (AvgIpc) is 3.28. The van der Waals surface area contributed by atoms with Crippen LogP contribution >= 0.6 is 11.8 Å². The summed E-state index contributed by atoms with van der Waals surface area (Å²) in [7, 11) is 0. The van der Waals surface area contributed by atoms with Crippen LogP contribution in [-0.2, 0) is 9.59 Å². The van der Waals surface area contributed by atoms with Gasteiger partial charge in [0.05, 0.1) is 27.5 Å². The minimum Gasteiger partial charge on any atom is -0.304 e. The first-order valence-electron chi connectivity index (χ1n) is 10.2. The summed E-state index contributed by atoms with van der Waals surface area (Å²) in [6, 6.07) is 26.4. The van der Waals surface area contributed by atoms with Gasteiger partial charge in [-0.2, -0.15) is 0 Å². The second-order valence-electron chi connectivity index (χ2n) is 7.23. The standard InChI is InChI=1S/C26H19N3O2S/c1-2-17-28-21-16-10-9-15-20(21)22(24(28)30)23-25(31)29(19-13-7-4-8-14-19)26(32-23)27-18-11-5-3-6-12-18/h2-16H,1,17H2/b23-22-,27-26?.